The van der Waals surface area contributed by atoms with E-state index in [0.29, 0.717) is 16.1 Å². The number of halogens is 2. The maximum atomic E-state index is 10.7. The number of hydrogen-bond acceptors (Lipinski definition) is 3. The first-order valence-corrected chi connectivity index (χ1v) is 4.18. The first-order valence-electron chi connectivity index (χ1n) is 3.42. The monoisotopic (exact) mass is 215 g/mol. The topological polar surface area (TPSA) is 43.1 Å². The molecule has 0 bridgehead atoms. The van der Waals surface area contributed by atoms with Gasteiger partial charge in [0, 0.05) is 6.20 Å². The molecule has 2 aromatic heterocycles. The number of fused-ring (bicyclic) bond motifs is 1. The normalized spacial score (nSPS) is 10.6. The van der Waals surface area contributed by atoms with Crippen molar-refractivity contribution in [1.29, 1.82) is 0 Å². The van der Waals surface area contributed by atoms with E-state index in [2.05, 4.69) is 4.98 Å². The maximum absolute atomic E-state index is 10.7. The number of hydrogen-bond donors (Lipinski definition) is 0. The second kappa shape index (κ2) is 3.01. The van der Waals surface area contributed by atoms with Crippen LogP contribution >= 0.6 is 23.2 Å². The predicted octanol–water partition coefficient (Wildman–Crippen LogP) is 2.86. The van der Waals surface area contributed by atoms with Gasteiger partial charge in [0.25, 0.3) is 5.24 Å². The lowest BCUT2D eigenvalue weighted by atomic mass is 10.3. The molecule has 0 unspecified atom stereocenters. The number of aromatic nitrogens is 1. The first kappa shape index (κ1) is 8.53. The van der Waals surface area contributed by atoms with Crippen LogP contribution in [0.5, 0.6) is 0 Å². The largest absolute Gasteiger partial charge is 0.451 e. The maximum Gasteiger partial charge on any atom is 0.287 e. The van der Waals surface area contributed by atoms with E-state index in [1.807, 2.05) is 0 Å². The molecule has 0 saturated carbocycles. The van der Waals surface area contributed by atoms with Crippen LogP contribution in [-0.4, -0.2) is 10.2 Å². The van der Waals surface area contributed by atoms with Crippen LogP contribution in [-0.2, 0) is 0 Å². The van der Waals surface area contributed by atoms with Gasteiger partial charge in [0.05, 0.1) is 5.39 Å². The van der Waals surface area contributed by atoms with Crippen LogP contribution in [0.4, 0.5) is 0 Å². The number of carbonyl (C=O) groups excluding carboxylic acids is 1. The summed E-state index contributed by atoms with van der Waals surface area (Å²) in [6.07, 6.45) is 1.50. The van der Waals surface area contributed by atoms with Gasteiger partial charge in [0.1, 0.15) is 10.7 Å². The molecule has 0 spiro atoms. The van der Waals surface area contributed by atoms with Gasteiger partial charge in [-0.3, -0.25) is 4.79 Å². The fraction of sp³-hybridized carbons (Fsp3) is 0. The van der Waals surface area contributed by atoms with Crippen molar-refractivity contribution in [2.45, 2.75) is 0 Å². The standard InChI is InChI=1S/C8H3Cl2NO2/c9-7-4-3-6(8(10)12)13-5(4)1-2-11-7/h1-3H. The van der Waals surface area contributed by atoms with Crippen LogP contribution in [0, 0.1) is 0 Å². The highest BCUT2D eigenvalue weighted by Gasteiger charge is 2.11. The molecule has 2 heterocycles. The van der Waals surface area contributed by atoms with Crippen molar-refractivity contribution in [2.75, 3.05) is 0 Å². The van der Waals surface area contributed by atoms with Crippen molar-refractivity contribution in [3.8, 4) is 0 Å². The van der Waals surface area contributed by atoms with Crippen molar-refractivity contribution < 1.29 is 9.21 Å². The molecule has 0 aliphatic carbocycles. The second-order valence-corrected chi connectivity index (χ2v) is 3.10. The van der Waals surface area contributed by atoms with E-state index in [9.17, 15) is 4.79 Å². The second-order valence-electron chi connectivity index (χ2n) is 2.40. The number of nitrogens with zero attached hydrogens (tertiary/aromatic N) is 1. The lowest BCUT2D eigenvalue weighted by Gasteiger charge is -1.87. The van der Waals surface area contributed by atoms with E-state index in [4.69, 9.17) is 27.6 Å². The van der Waals surface area contributed by atoms with E-state index in [1.165, 1.54) is 12.3 Å². The van der Waals surface area contributed by atoms with Crippen molar-refractivity contribution >= 4 is 39.4 Å². The smallest absolute Gasteiger partial charge is 0.287 e. The molecule has 0 amide bonds. The fourth-order valence-electron chi connectivity index (χ4n) is 1.03. The Kier molecular flexibility index (Phi) is 1.98. The number of pyridine rings is 1. The molecule has 5 heteroatoms. The van der Waals surface area contributed by atoms with Crippen molar-refractivity contribution in [3.63, 3.8) is 0 Å². The highest BCUT2D eigenvalue weighted by Crippen LogP contribution is 2.25. The average molecular weight is 216 g/mol. The lowest BCUT2D eigenvalue weighted by molar-refractivity contribution is 0.105. The summed E-state index contributed by atoms with van der Waals surface area (Å²) in [5.74, 6) is 0.0755. The molecule has 13 heavy (non-hydrogen) atoms. The SMILES string of the molecule is O=C(Cl)c1cc2c(Cl)nccc2o1. The Morgan fingerprint density at radius 1 is 1.54 bits per heavy atom. The fourth-order valence-corrected chi connectivity index (χ4v) is 1.32. The Hall–Kier alpha value is -1.06. The molecular weight excluding hydrogens is 213 g/mol. The summed E-state index contributed by atoms with van der Waals surface area (Å²) in [4.78, 5) is 14.6. The zero-order chi connectivity index (χ0) is 9.42. The molecule has 0 saturated heterocycles. The molecule has 0 atom stereocenters. The molecule has 0 radical (unpaired) electrons. The van der Waals surface area contributed by atoms with E-state index < -0.39 is 5.24 Å². The van der Waals surface area contributed by atoms with Crippen molar-refractivity contribution in [2.24, 2.45) is 0 Å². The Labute approximate surface area is 83.3 Å². The van der Waals surface area contributed by atoms with Gasteiger partial charge in [0.2, 0.25) is 0 Å². The molecule has 3 nitrogen and oxygen atoms in total. The Morgan fingerprint density at radius 3 is 2.92 bits per heavy atom. The van der Waals surface area contributed by atoms with Crippen LogP contribution < -0.4 is 0 Å². The molecule has 0 aromatic carbocycles. The number of furan rings is 1. The minimum atomic E-state index is -0.646. The first-order chi connectivity index (χ1) is 6.18. The Morgan fingerprint density at radius 2 is 2.31 bits per heavy atom. The van der Waals surface area contributed by atoms with E-state index in [1.54, 1.807) is 6.07 Å². The van der Waals surface area contributed by atoms with Gasteiger partial charge in [-0.25, -0.2) is 4.98 Å². The average Bonchev–Trinajstić information content (AvgIpc) is 2.49. The van der Waals surface area contributed by atoms with Crippen molar-refractivity contribution in [3.05, 3.63) is 29.2 Å². The number of carbonyl (C=O) groups is 1. The molecule has 0 N–H and O–H groups in total. The highest BCUT2D eigenvalue weighted by molar-refractivity contribution is 6.67. The lowest BCUT2D eigenvalue weighted by Crippen LogP contribution is -1.81. The number of rotatable bonds is 1. The molecular formula is C8H3Cl2NO2. The van der Waals surface area contributed by atoms with Crippen LogP contribution in [0.15, 0.2) is 22.7 Å². The Balaban J connectivity index is 2.75. The van der Waals surface area contributed by atoms with Crippen LogP contribution in [0.3, 0.4) is 0 Å². The van der Waals surface area contributed by atoms with Gasteiger partial charge in [0.15, 0.2) is 5.76 Å². The summed E-state index contributed by atoms with van der Waals surface area (Å²) < 4.78 is 5.10. The third-order valence-corrected chi connectivity index (χ3v) is 2.08. The molecule has 0 aliphatic heterocycles. The van der Waals surface area contributed by atoms with Gasteiger partial charge < -0.3 is 4.42 Å². The molecule has 2 rings (SSSR count). The highest BCUT2D eigenvalue weighted by atomic mass is 35.5. The van der Waals surface area contributed by atoms with Crippen LogP contribution in [0.1, 0.15) is 10.6 Å². The summed E-state index contributed by atoms with van der Waals surface area (Å²) in [5.41, 5.74) is 0.504. The minimum absolute atomic E-state index is 0.0755. The van der Waals surface area contributed by atoms with Gasteiger partial charge in [-0.05, 0) is 23.7 Å². The van der Waals surface area contributed by atoms with Gasteiger partial charge >= 0.3 is 0 Å². The zero-order valence-corrected chi connectivity index (χ0v) is 7.76. The van der Waals surface area contributed by atoms with E-state index in [0.717, 1.165) is 0 Å². The van der Waals surface area contributed by atoms with Gasteiger partial charge in [-0.15, -0.1) is 0 Å². The molecule has 2 aromatic rings. The quantitative estimate of drug-likeness (QED) is 0.543. The predicted molar refractivity (Wildman–Crippen MR) is 49.2 cm³/mol. The summed E-state index contributed by atoms with van der Waals surface area (Å²) in [7, 11) is 0. The van der Waals surface area contributed by atoms with Gasteiger partial charge in [-0.1, -0.05) is 11.6 Å². The van der Waals surface area contributed by atoms with Crippen molar-refractivity contribution in [1.82, 2.24) is 4.98 Å². The summed E-state index contributed by atoms with van der Waals surface area (Å²) in [6.45, 7) is 0. The molecule has 0 aliphatic rings. The van der Waals surface area contributed by atoms with Crippen LogP contribution in [0.25, 0.3) is 11.0 Å². The van der Waals surface area contributed by atoms with Gasteiger partial charge in [-0.2, -0.15) is 0 Å². The van der Waals surface area contributed by atoms with Crippen LogP contribution in [0.2, 0.25) is 5.15 Å². The molecule has 66 valence electrons. The third-order valence-electron chi connectivity index (χ3n) is 1.59. The van der Waals surface area contributed by atoms with E-state index in [-0.39, 0.29) is 5.76 Å². The molecule has 0 fully saturated rings. The Bertz CT molecular complexity index is 478. The van der Waals surface area contributed by atoms with E-state index >= 15 is 0 Å². The summed E-state index contributed by atoms with van der Waals surface area (Å²) in [6, 6.07) is 3.09. The third kappa shape index (κ3) is 1.41. The zero-order valence-electron chi connectivity index (χ0n) is 6.25. The minimum Gasteiger partial charge on any atom is -0.451 e. The summed E-state index contributed by atoms with van der Waals surface area (Å²) >= 11 is 11.0. The summed E-state index contributed by atoms with van der Waals surface area (Å²) in [5, 5.41) is 0.242.